The van der Waals surface area contributed by atoms with Gasteiger partial charge in [-0.1, -0.05) is 86.1 Å². The second kappa shape index (κ2) is 20.1. The van der Waals surface area contributed by atoms with Crippen molar-refractivity contribution >= 4 is 106 Å². The SMILES string of the molecule is [2H]C([2H])([2H])N1CN(c2cc(Oc3cccc(N4CN(c5ccc(N6CN(c7cccc(Oc8cc(N9CN(C)c%10cc(C)c(C)cc%109)cc([Si](C)(C)C)c8)c7)c7ccccc76)cc5)c5ccccc54)c3)cc([Si](C)(C)C)c2)c2cc(C)c(C)cc21. The zero-order valence-electron chi connectivity index (χ0n) is 52.0. The van der Waals surface area contributed by atoms with Crippen molar-refractivity contribution in [2.45, 2.75) is 67.0 Å². The molecule has 9 aromatic carbocycles. The van der Waals surface area contributed by atoms with E-state index in [1.165, 1.54) is 37.8 Å². The van der Waals surface area contributed by atoms with Crippen molar-refractivity contribution in [1.82, 2.24) is 0 Å². The molecule has 4 aliphatic rings. The number of fused-ring (bicyclic) bond motifs is 4. The van der Waals surface area contributed by atoms with Crippen LogP contribution in [0.15, 0.2) is 182 Å². The van der Waals surface area contributed by atoms with Gasteiger partial charge in [-0.15, -0.1) is 0 Å². The van der Waals surface area contributed by atoms with Crippen molar-refractivity contribution in [3.63, 3.8) is 0 Å². The number of hydrogen-bond acceptors (Lipinski definition) is 10. The molecule has 0 saturated carbocycles. The molecule has 0 unspecified atom stereocenters. The molecule has 0 amide bonds. The van der Waals surface area contributed by atoms with Gasteiger partial charge in [-0.05, 0) is 171 Å². The first-order chi connectivity index (χ1) is 40.5. The number of benzene rings is 9. The van der Waals surface area contributed by atoms with E-state index < -0.39 is 23.1 Å². The first-order valence-corrected chi connectivity index (χ1v) is 35.5. The fourth-order valence-electron chi connectivity index (χ4n) is 11.9. The summed E-state index contributed by atoms with van der Waals surface area (Å²) in [6.07, 6.45) is 0. The normalized spacial score (nSPS) is 15.4. The van der Waals surface area contributed by atoms with Gasteiger partial charge >= 0.3 is 0 Å². The number of nitrogens with zero attached hydrogens (tertiary/aromatic N) is 8. The molecule has 10 nitrogen and oxygen atoms in total. The highest BCUT2D eigenvalue weighted by Gasteiger charge is 2.33. The molecule has 0 bridgehead atoms. The van der Waals surface area contributed by atoms with Crippen molar-refractivity contribution in [2.75, 3.05) is 79.9 Å². The van der Waals surface area contributed by atoms with Gasteiger partial charge in [-0.3, -0.25) is 0 Å². The maximum atomic E-state index is 8.44. The van der Waals surface area contributed by atoms with Crippen LogP contribution in [0.1, 0.15) is 26.4 Å². The van der Waals surface area contributed by atoms with Gasteiger partial charge in [0.15, 0.2) is 0 Å². The number of aryl methyl sites for hydroxylation is 4. The predicted octanol–water partition coefficient (Wildman–Crippen LogP) is 17.2. The molecule has 12 heteroatoms. The molecule has 0 aliphatic carbocycles. The van der Waals surface area contributed by atoms with Gasteiger partial charge in [-0.2, -0.15) is 0 Å². The topological polar surface area (TPSA) is 44.4 Å². The lowest BCUT2D eigenvalue weighted by molar-refractivity contribution is 0.483. The average Bonchev–Trinajstić information content (AvgIpc) is 3.96. The summed E-state index contributed by atoms with van der Waals surface area (Å²) in [5.41, 5.74) is 19.7. The molecule has 13 rings (SSSR count). The number of anilines is 14. The smallest absolute Gasteiger partial charge is 0.129 e. The molecular formula is C70H74N8O2Si2. The van der Waals surface area contributed by atoms with Crippen molar-refractivity contribution < 1.29 is 13.6 Å². The first-order valence-electron chi connectivity index (χ1n) is 30.0. The Morgan fingerprint density at radius 1 is 0.317 bits per heavy atom. The molecule has 0 fully saturated rings. The standard InChI is InChI=1S/C70H74N8O2Si2/c1-47-31-67-69(33-49(47)3)73(43-71(67)5)55-37-59(41-61(39-55)81(7,8)9)79-57-21-17-19-53(35-57)77-45-75(63-23-13-15-25-65(63)77)51-27-29-52(30-28-51)76-46-78(66-26-16-14-24-64(66)76)54-20-18-22-58(36-54)80-60-38-56(40-62(42-60)82(10,11)12)74-44-72(6)68-32-48(2)50(4)34-70(68)74/h13-42H,43-46H2,1-12H3/i5D3. The minimum atomic E-state index is -2.29. The van der Waals surface area contributed by atoms with Gasteiger partial charge in [0.1, 0.15) is 36.3 Å². The number of para-hydroxylation sites is 4. The van der Waals surface area contributed by atoms with Crippen molar-refractivity contribution in [2.24, 2.45) is 0 Å². The van der Waals surface area contributed by atoms with Gasteiger partial charge < -0.3 is 48.7 Å². The highest BCUT2D eigenvalue weighted by atomic mass is 28.3. The zero-order chi connectivity index (χ0) is 59.4. The van der Waals surface area contributed by atoms with Gasteiger partial charge in [-0.25, -0.2) is 0 Å². The second-order valence-corrected chi connectivity index (χ2v) is 34.9. The minimum absolute atomic E-state index is 0.216. The Kier molecular flexibility index (Phi) is 12.1. The van der Waals surface area contributed by atoms with Crippen LogP contribution in [-0.2, 0) is 0 Å². The Labute approximate surface area is 491 Å². The lowest BCUT2D eigenvalue weighted by atomic mass is 10.1. The van der Waals surface area contributed by atoms with Crippen molar-refractivity contribution in [3.8, 4) is 23.0 Å². The Balaban J connectivity index is 0.739. The minimum Gasteiger partial charge on any atom is -0.457 e. The van der Waals surface area contributed by atoms with Crippen LogP contribution in [0.5, 0.6) is 23.0 Å². The van der Waals surface area contributed by atoms with Crippen LogP contribution in [0.3, 0.4) is 0 Å². The molecular weight excluding hydrogens is 1040 g/mol. The molecule has 82 heavy (non-hydrogen) atoms. The van der Waals surface area contributed by atoms with Crippen LogP contribution in [0, 0.1) is 27.7 Å². The van der Waals surface area contributed by atoms with Crippen LogP contribution in [0.25, 0.3) is 0 Å². The van der Waals surface area contributed by atoms with Gasteiger partial charge in [0.2, 0.25) is 0 Å². The summed E-state index contributed by atoms with van der Waals surface area (Å²) in [4.78, 5) is 17.9. The Morgan fingerprint density at radius 2 is 0.659 bits per heavy atom. The van der Waals surface area contributed by atoms with Gasteiger partial charge in [0.25, 0.3) is 0 Å². The van der Waals surface area contributed by atoms with Gasteiger partial charge in [0, 0.05) is 76.5 Å². The number of rotatable bonds is 12. The summed E-state index contributed by atoms with van der Waals surface area (Å²) in [6, 6.07) is 65.1. The summed E-state index contributed by atoms with van der Waals surface area (Å²) in [5, 5.41) is 2.58. The fourth-order valence-corrected chi connectivity index (χ4v) is 14.2. The van der Waals surface area contributed by atoms with Crippen LogP contribution in [-0.4, -0.2) is 56.8 Å². The Hall–Kier alpha value is -8.59. The van der Waals surface area contributed by atoms with Crippen LogP contribution < -0.4 is 59.0 Å². The molecule has 0 saturated heterocycles. The van der Waals surface area contributed by atoms with E-state index in [2.05, 4.69) is 271 Å². The van der Waals surface area contributed by atoms with E-state index in [0.717, 1.165) is 109 Å². The molecule has 414 valence electrons. The number of hydrogen-bond donors (Lipinski definition) is 0. The zero-order valence-corrected chi connectivity index (χ0v) is 51.0. The maximum Gasteiger partial charge on any atom is 0.129 e. The first kappa shape index (κ1) is 49.2. The number of ether oxygens (including phenoxy) is 2. The third-order valence-electron chi connectivity index (χ3n) is 16.9. The monoisotopic (exact) mass is 1120 g/mol. The van der Waals surface area contributed by atoms with E-state index in [0.29, 0.717) is 13.3 Å². The Bertz CT molecular complexity index is 4090. The van der Waals surface area contributed by atoms with Crippen molar-refractivity contribution in [3.05, 3.63) is 204 Å². The second-order valence-electron chi connectivity index (χ2n) is 24.7. The lowest BCUT2D eigenvalue weighted by Gasteiger charge is -2.25. The third-order valence-corrected chi connectivity index (χ3v) is 21.0. The lowest BCUT2D eigenvalue weighted by Crippen LogP contribution is -2.38. The summed E-state index contributed by atoms with van der Waals surface area (Å²) < 4.78 is 39.1. The van der Waals surface area contributed by atoms with E-state index in [4.69, 9.17) is 13.6 Å². The Morgan fingerprint density at radius 3 is 1.05 bits per heavy atom. The van der Waals surface area contributed by atoms with Crippen molar-refractivity contribution in [1.29, 1.82) is 0 Å². The van der Waals surface area contributed by atoms with E-state index in [1.54, 1.807) is 0 Å². The molecule has 0 radical (unpaired) electrons. The summed E-state index contributed by atoms with van der Waals surface area (Å²) >= 11 is 0. The highest BCUT2D eigenvalue weighted by Crippen LogP contribution is 2.49. The van der Waals surface area contributed by atoms with Gasteiger partial charge in [0.05, 0.1) is 75.0 Å². The summed E-state index contributed by atoms with van der Waals surface area (Å²) in [5.74, 6) is 3.08. The largest absolute Gasteiger partial charge is 0.457 e. The van der Waals surface area contributed by atoms with E-state index >= 15 is 0 Å². The maximum absolute atomic E-state index is 8.44. The molecule has 0 N–H and O–H groups in total. The average molecular weight is 1120 g/mol. The highest BCUT2D eigenvalue weighted by molar-refractivity contribution is 6.89. The molecule has 0 aromatic heterocycles. The molecule has 0 spiro atoms. The third kappa shape index (κ3) is 9.66. The molecule has 4 aliphatic heterocycles. The predicted molar refractivity (Wildman–Crippen MR) is 352 cm³/mol. The fraction of sp³-hybridized carbons (Fsp3) is 0.229. The summed E-state index contributed by atoms with van der Waals surface area (Å²) in [6.45, 7) is 22.6. The molecule has 9 aromatic rings. The van der Waals surface area contributed by atoms with Crippen LogP contribution >= 0.6 is 0 Å². The van der Waals surface area contributed by atoms with Crippen LogP contribution in [0.2, 0.25) is 39.3 Å². The summed E-state index contributed by atoms with van der Waals surface area (Å²) in [7, 11) is -1.44. The molecule has 0 atom stereocenters. The van der Waals surface area contributed by atoms with E-state index in [1.807, 2.05) is 19.1 Å². The van der Waals surface area contributed by atoms with E-state index in [9.17, 15) is 0 Å². The van der Waals surface area contributed by atoms with E-state index in [-0.39, 0.29) is 6.67 Å². The molecule has 4 heterocycles. The van der Waals surface area contributed by atoms with Crippen LogP contribution in [0.4, 0.5) is 79.6 Å². The quantitative estimate of drug-likeness (QED) is 0.111.